The maximum Gasteiger partial charge on any atom is 0.327 e. The van der Waals surface area contributed by atoms with Crippen molar-refractivity contribution in [2.24, 2.45) is 5.92 Å². The fourth-order valence-electron chi connectivity index (χ4n) is 3.57. The highest BCUT2D eigenvalue weighted by Gasteiger charge is 2.26. The number of halogens is 1. The summed E-state index contributed by atoms with van der Waals surface area (Å²) in [5.74, 6) is -1.35. The molecule has 0 saturated heterocycles. The zero-order chi connectivity index (χ0) is 20.9. The van der Waals surface area contributed by atoms with Gasteiger partial charge in [0, 0.05) is 11.2 Å². The molecular formula is C20H18ClN5O3. The van der Waals surface area contributed by atoms with Gasteiger partial charge in [-0.05, 0) is 36.6 Å². The number of fused-ring (bicyclic) bond motifs is 3. The minimum Gasteiger partial charge on any atom is -0.480 e. The van der Waals surface area contributed by atoms with Crippen LogP contribution in [0.1, 0.15) is 25.6 Å². The molecule has 9 heteroatoms. The fraction of sp³-hybridized carbons (Fsp3) is 0.250. The van der Waals surface area contributed by atoms with Crippen LogP contribution in [0.2, 0.25) is 5.02 Å². The number of carbonyl (C=O) groups is 1. The lowest BCUT2D eigenvalue weighted by molar-refractivity contribution is -0.142. The highest BCUT2D eigenvalue weighted by Crippen LogP contribution is 2.29. The Bertz CT molecular complexity index is 1310. The van der Waals surface area contributed by atoms with Crippen molar-refractivity contribution < 1.29 is 9.90 Å². The van der Waals surface area contributed by atoms with Gasteiger partial charge in [-0.1, -0.05) is 37.6 Å². The lowest BCUT2D eigenvalue weighted by atomic mass is 10.0. The van der Waals surface area contributed by atoms with Gasteiger partial charge >= 0.3 is 5.97 Å². The molecule has 0 aliphatic heterocycles. The molecule has 0 unspecified atom stereocenters. The Kier molecular flexibility index (Phi) is 4.58. The standard InChI is InChI=1S/C20H18ClN5O3/c1-10(2)17(20(28)29)25-9-8-14-16(19(25)27)22-23-18-15(11(3)24-26(14)18)12-4-6-13(21)7-5-12/h4-10,17H,1-3H3,(H,28,29)/t17-/m0/s1. The molecule has 0 aliphatic rings. The van der Waals surface area contributed by atoms with Crippen LogP contribution in [0.25, 0.3) is 27.8 Å². The van der Waals surface area contributed by atoms with Crippen LogP contribution in [-0.4, -0.2) is 35.5 Å². The number of pyridine rings is 1. The van der Waals surface area contributed by atoms with Gasteiger partial charge in [0.1, 0.15) is 11.6 Å². The summed E-state index contributed by atoms with van der Waals surface area (Å²) in [6.45, 7) is 5.35. The number of aliphatic carboxylic acids is 1. The third kappa shape index (κ3) is 3.05. The highest BCUT2D eigenvalue weighted by atomic mass is 35.5. The van der Waals surface area contributed by atoms with E-state index in [-0.39, 0.29) is 11.4 Å². The normalized spacial score (nSPS) is 12.7. The quantitative estimate of drug-likeness (QED) is 0.552. The van der Waals surface area contributed by atoms with E-state index in [2.05, 4.69) is 15.3 Å². The van der Waals surface area contributed by atoms with E-state index in [1.807, 2.05) is 19.1 Å². The first-order valence-corrected chi connectivity index (χ1v) is 9.43. The maximum atomic E-state index is 13.0. The summed E-state index contributed by atoms with van der Waals surface area (Å²) in [5.41, 5.74) is 2.93. The molecular weight excluding hydrogens is 394 g/mol. The van der Waals surface area contributed by atoms with Gasteiger partial charge in [-0.25, -0.2) is 9.31 Å². The smallest absolute Gasteiger partial charge is 0.327 e. The van der Waals surface area contributed by atoms with Crippen molar-refractivity contribution in [2.45, 2.75) is 26.8 Å². The fourth-order valence-corrected chi connectivity index (χ4v) is 3.69. The van der Waals surface area contributed by atoms with Crippen molar-refractivity contribution in [3.05, 3.63) is 57.6 Å². The number of hydrogen-bond donors (Lipinski definition) is 1. The van der Waals surface area contributed by atoms with Gasteiger partial charge in [0.15, 0.2) is 11.2 Å². The second-order valence-corrected chi connectivity index (χ2v) is 7.63. The predicted molar refractivity (Wildman–Crippen MR) is 109 cm³/mol. The Balaban J connectivity index is 1.97. The van der Waals surface area contributed by atoms with Crippen molar-refractivity contribution in [3.8, 4) is 11.1 Å². The van der Waals surface area contributed by atoms with Crippen LogP contribution in [0, 0.1) is 12.8 Å². The molecule has 0 amide bonds. The van der Waals surface area contributed by atoms with Crippen molar-refractivity contribution in [1.29, 1.82) is 0 Å². The summed E-state index contributed by atoms with van der Waals surface area (Å²) in [6, 6.07) is 7.96. The molecule has 0 fully saturated rings. The predicted octanol–water partition coefficient (Wildman–Crippen LogP) is 3.35. The van der Waals surface area contributed by atoms with Crippen molar-refractivity contribution in [2.75, 3.05) is 0 Å². The van der Waals surface area contributed by atoms with Gasteiger partial charge in [0.2, 0.25) is 0 Å². The van der Waals surface area contributed by atoms with Crippen molar-refractivity contribution >= 4 is 34.3 Å². The average Bonchev–Trinajstić information content (AvgIpc) is 3.00. The molecule has 8 nitrogen and oxygen atoms in total. The Morgan fingerprint density at radius 2 is 1.83 bits per heavy atom. The van der Waals surface area contributed by atoms with E-state index in [4.69, 9.17) is 11.6 Å². The minimum absolute atomic E-state index is 0.0667. The van der Waals surface area contributed by atoms with Crippen LogP contribution in [0.3, 0.4) is 0 Å². The van der Waals surface area contributed by atoms with E-state index in [1.165, 1.54) is 10.8 Å². The molecule has 1 aromatic carbocycles. The van der Waals surface area contributed by atoms with Crippen molar-refractivity contribution in [1.82, 2.24) is 24.4 Å². The molecule has 3 heterocycles. The van der Waals surface area contributed by atoms with Crippen LogP contribution < -0.4 is 5.56 Å². The molecule has 0 spiro atoms. The topological polar surface area (TPSA) is 102 Å². The van der Waals surface area contributed by atoms with E-state index in [1.54, 1.807) is 36.6 Å². The molecule has 4 aromatic rings. The van der Waals surface area contributed by atoms with Crippen LogP contribution in [0.5, 0.6) is 0 Å². The molecule has 3 aromatic heterocycles. The van der Waals surface area contributed by atoms with E-state index < -0.39 is 17.6 Å². The summed E-state index contributed by atoms with van der Waals surface area (Å²) in [4.78, 5) is 24.6. The molecule has 4 rings (SSSR count). The Morgan fingerprint density at radius 1 is 1.14 bits per heavy atom. The van der Waals surface area contributed by atoms with Crippen LogP contribution in [0.4, 0.5) is 0 Å². The number of nitrogens with zero attached hydrogens (tertiary/aromatic N) is 5. The number of aromatic nitrogens is 5. The molecule has 0 aliphatic carbocycles. The molecule has 0 radical (unpaired) electrons. The van der Waals surface area contributed by atoms with Gasteiger partial charge in [-0.3, -0.25) is 9.36 Å². The van der Waals surface area contributed by atoms with Crippen LogP contribution in [0.15, 0.2) is 41.3 Å². The molecule has 29 heavy (non-hydrogen) atoms. The number of rotatable bonds is 4. The number of hydrogen-bond acceptors (Lipinski definition) is 5. The third-order valence-corrected chi connectivity index (χ3v) is 5.15. The van der Waals surface area contributed by atoms with E-state index in [0.717, 1.165) is 16.8 Å². The van der Waals surface area contributed by atoms with E-state index in [9.17, 15) is 14.7 Å². The molecule has 1 N–H and O–H groups in total. The molecule has 1 atom stereocenters. The highest BCUT2D eigenvalue weighted by molar-refractivity contribution is 6.30. The number of benzene rings is 1. The summed E-state index contributed by atoms with van der Waals surface area (Å²) < 4.78 is 2.75. The second-order valence-electron chi connectivity index (χ2n) is 7.19. The number of carboxylic acids is 1. The monoisotopic (exact) mass is 411 g/mol. The van der Waals surface area contributed by atoms with Crippen LogP contribution >= 0.6 is 11.6 Å². The molecule has 0 saturated carbocycles. The summed E-state index contributed by atoms with van der Waals surface area (Å²) in [7, 11) is 0. The SMILES string of the molecule is Cc1nn2c(nnc3c(=O)n([C@H](C(=O)O)C(C)C)ccc32)c1-c1ccc(Cl)cc1. The number of aryl methyl sites for hydroxylation is 1. The maximum absolute atomic E-state index is 13.0. The third-order valence-electron chi connectivity index (χ3n) is 4.90. The van der Waals surface area contributed by atoms with Gasteiger partial charge < -0.3 is 5.11 Å². The zero-order valence-electron chi connectivity index (χ0n) is 16.0. The summed E-state index contributed by atoms with van der Waals surface area (Å²) in [6.07, 6.45) is 1.48. The first-order chi connectivity index (χ1) is 13.8. The summed E-state index contributed by atoms with van der Waals surface area (Å²) in [5, 5.41) is 23.1. The minimum atomic E-state index is -1.07. The van der Waals surface area contributed by atoms with Gasteiger partial charge in [-0.2, -0.15) is 5.10 Å². The first kappa shape index (κ1) is 19.1. The van der Waals surface area contributed by atoms with E-state index >= 15 is 0 Å². The molecule has 148 valence electrons. The Hall–Kier alpha value is -3.26. The Labute approximate surface area is 170 Å². The average molecular weight is 412 g/mol. The van der Waals surface area contributed by atoms with Crippen molar-refractivity contribution in [3.63, 3.8) is 0 Å². The van der Waals surface area contributed by atoms with Gasteiger partial charge in [0.25, 0.3) is 5.56 Å². The Morgan fingerprint density at radius 3 is 2.45 bits per heavy atom. The van der Waals surface area contributed by atoms with E-state index in [0.29, 0.717) is 16.2 Å². The lowest BCUT2D eigenvalue weighted by Gasteiger charge is -2.19. The first-order valence-electron chi connectivity index (χ1n) is 9.05. The second kappa shape index (κ2) is 6.97. The zero-order valence-corrected chi connectivity index (χ0v) is 16.8. The number of carboxylic acid groups (broad SMARTS) is 1. The molecule has 0 bridgehead atoms. The van der Waals surface area contributed by atoms with Gasteiger partial charge in [0.05, 0.1) is 11.3 Å². The van der Waals surface area contributed by atoms with Crippen LogP contribution in [-0.2, 0) is 4.79 Å². The lowest BCUT2D eigenvalue weighted by Crippen LogP contribution is -2.33. The van der Waals surface area contributed by atoms with Gasteiger partial charge in [-0.15, -0.1) is 10.2 Å². The largest absolute Gasteiger partial charge is 0.480 e. The summed E-state index contributed by atoms with van der Waals surface area (Å²) >= 11 is 5.98.